The van der Waals surface area contributed by atoms with Crippen LogP contribution in [0.5, 0.6) is 0 Å². The lowest BCUT2D eigenvalue weighted by molar-refractivity contribution is -0.137. The summed E-state index contributed by atoms with van der Waals surface area (Å²) in [4.78, 5) is 11.2. The van der Waals surface area contributed by atoms with E-state index in [1.807, 2.05) is 27.7 Å². The third kappa shape index (κ3) is 3.97. The van der Waals surface area contributed by atoms with Gasteiger partial charge >= 0.3 is 13.3 Å². The molecule has 0 unspecified atom stereocenters. The number of halogens is 3. The fraction of sp³-hybridized carbons (Fsp3) is 0.471. The molecule has 2 N–H and O–H groups in total. The molecule has 0 saturated carbocycles. The number of hydrogen-bond acceptors (Lipinski definition) is 4. The Bertz CT molecular complexity index is 683. The largest absolute Gasteiger partial charge is 0.491 e. The molecule has 1 fully saturated rings. The maximum atomic E-state index is 12.9. The molecule has 1 saturated heterocycles. The van der Waals surface area contributed by atoms with E-state index in [1.165, 1.54) is 6.08 Å². The Morgan fingerprint density at radius 2 is 1.72 bits per heavy atom. The van der Waals surface area contributed by atoms with Crippen molar-refractivity contribution in [2.45, 2.75) is 45.1 Å². The number of carbonyl (C=O) groups excluding carboxylic acids is 1. The first-order valence-corrected chi connectivity index (χ1v) is 7.84. The topological polar surface area (TPSA) is 61.5 Å². The van der Waals surface area contributed by atoms with Gasteiger partial charge in [-0.2, -0.15) is 13.2 Å². The van der Waals surface area contributed by atoms with Gasteiger partial charge in [0.1, 0.15) is 0 Å². The van der Waals surface area contributed by atoms with Gasteiger partial charge in [0, 0.05) is 12.1 Å². The first-order valence-electron chi connectivity index (χ1n) is 7.84. The van der Waals surface area contributed by atoms with Gasteiger partial charge in [0.05, 0.1) is 16.8 Å². The average Bonchev–Trinajstić information content (AvgIpc) is 2.71. The van der Waals surface area contributed by atoms with Crippen molar-refractivity contribution in [1.82, 2.24) is 0 Å². The molecule has 4 nitrogen and oxygen atoms in total. The van der Waals surface area contributed by atoms with Crippen LogP contribution in [-0.2, 0) is 15.5 Å². The number of hydrogen-bond donors (Lipinski definition) is 1. The van der Waals surface area contributed by atoms with Gasteiger partial charge in [-0.15, -0.1) is 0 Å². The van der Waals surface area contributed by atoms with E-state index in [0.29, 0.717) is 11.8 Å². The van der Waals surface area contributed by atoms with E-state index in [-0.39, 0.29) is 17.7 Å². The van der Waals surface area contributed by atoms with E-state index >= 15 is 0 Å². The lowest BCUT2D eigenvalue weighted by atomic mass is 9.76. The van der Waals surface area contributed by atoms with Crippen molar-refractivity contribution in [3.8, 4) is 0 Å². The molecular formula is C17H21BF3NO3. The quantitative estimate of drug-likeness (QED) is 0.664. The van der Waals surface area contributed by atoms with Gasteiger partial charge < -0.3 is 15.0 Å². The summed E-state index contributed by atoms with van der Waals surface area (Å²) < 4.78 is 50.6. The van der Waals surface area contributed by atoms with Gasteiger partial charge in [-0.1, -0.05) is 12.1 Å². The molecule has 0 aliphatic carbocycles. The van der Waals surface area contributed by atoms with Gasteiger partial charge in [0.15, 0.2) is 6.29 Å². The van der Waals surface area contributed by atoms with Crippen LogP contribution in [0.15, 0.2) is 23.7 Å². The van der Waals surface area contributed by atoms with Crippen LogP contribution < -0.4 is 5.73 Å². The SMILES string of the molecule is CC1(C)OB(C(=Cc2cc(C(F)(F)F)ccc2C=O)CN)OC1(C)C. The summed E-state index contributed by atoms with van der Waals surface area (Å²) in [6, 6.07) is 2.93. The van der Waals surface area contributed by atoms with Crippen LogP contribution in [0.3, 0.4) is 0 Å². The Labute approximate surface area is 145 Å². The molecule has 0 radical (unpaired) electrons. The molecule has 0 spiro atoms. The Morgan fingerprint density at radius 1 is 1.16 bits per heavy atom. The second kappa shape index (κ2) is 6.59. The lowest BCUT2D eigenvalue weighted by Crippen LogP contribution is -2.41. The fourth-order valence-corrected chi connectivity index (χ4v) is 2.40. The van der Waals surface area contributed by atoms with Crippen LogP contribution >= 0.6 is 0 Å². The van der Waals surface area contributed by atoms with Crippen molar-refractivity contribution in [1.29, 1.82) is 0 Å². The minimum atomic E-state index is -4.50. The van der Waals surface area contributed by atoms with Gasteiger partial charge in [0.25, 0.3) is 0 Å². The van der Waals surface area contributed by atoms with Crippen LogP contribution in [0.1, 0.15) is 49.2 Å². The van der Waals surface area contributed by atoms with E-state index in [0.717, 1.165) is 18.2 Å². The zero-order valence-corrected chi connectivity index (χ0v) is 14.6. The molecule has 8 heteroatoms. The summed E-state index contributed by atoms with van der Waals surface area (Å²) >= 11 is 0. The highest BCUT2D eigenvalue weighted by Gasteiger charge is 2.52. The lowest BCUT2D eigenvalue weighted by Gasteiger charge is -2.32. The summed E-state index contributed by atoms with van der Waals surface area (Å²) in [6.07, 6.45) is -2.57. The van der Waals surface area contributed by atoms with Crippen LogP contribution in [-0.4, -0.2) is 31.2 Å². The third-order valence-corrected chi connectivity index (χ3v) is 4.67. The van der Waals surface area contributed by atoms with E-state index in [4.69, 9.17) is 15.0 Å². The molecule has 2 rings (SSSR count). The van der Waals surface area contributed by atoms with E-state index < -0.39 is 30.1 Å². The second-order valence-electron chi connectivity index (χ2n) is 6.97. The Kier molecular flexibility index (Phi) is 5.19. The molecule has 25 heavy (non-hydrogen) atoms. The summed E-state index contributed by atoms with van der Waals surface area (Å²) in [5, 5.41) is 0. The van der Waals surface area contributed by atoms with Gasteiger partial charge in [0.2, 0.25) is 0 Å². The average molecular weight is 355 g/mol. The summed E-state index contributed by atoms with van der Waals surface area (Å²) in [7, 11) is -0.788. The van der Waals surface area contributed by atoms with Gasteiger partial charge in [-0.3, -0.25) is 4.79 Å². The van der Waals surface area contributed by atoms with E-state index in [1.54, 1.807) is 0 Å². The standard InChI is InChI=1S/C17H21BF3NO3/c1-15(2)16(3,4)25-18(24-15)14(9-22)8-12-7-13(17(19,20)21)6-5-11(12)10-23/h5-8,10H,9,22H2,1-4H3. The smallest absolute Gasteiger partial charge is 0.400 e. The highest BCUT2D eigenvalue weighted by Crippen LogP contribution is 2.39. The minimum Gasteiger partial charge on any atom is -0.400 e. The summed E-state index contributed by atoms with van der Waals surface area (Å²) in [5.41, 5.74) is 4.43. The van der Waals surface area contributed by atoms with Crippen LogP contribution in [0, 0.1) is 0 Å². The van der Waals surface area contributed by atoms with Gasteiger partial charge in [-0.25, -0.2) is 0 Å². The predicted molar refractivity (Wildman–Crippen MR) is 89.9 cm³/mol. The van der Waals surface area contributed by atoms with Crippen LogP contribution in [0.2, 0.25) is 0 Å². The Balaban J connectivity index is 2.45. The molecule has 1 aliphatic heterocycles. The number of nitrogens with two attached hydrogens (primary N) is 1. The van der Waals surface area contributed by atoms with Crippen molar-refractivity contribution < 1.29 is 27.3 Å². The zero-order valence-electron chi connectivity index (χ0n) is 14.6. The first kappa shape index (κ1) is 19.7. The molecule has 0 amide bonds. The van der Waals surface area contributed by atoms with Crippen LogP contribution in [0.25, 0.3) is 6.08 Å². The predicted octanol–water partition coefficient (Wildman–Crippen LogP) is 3.49. The highest BCUT2D eigenvalue weighted by molar-refractivity contribution is 6.56. The van der Waals surface area contributed by atoms with Crippen LogP contribution in [0.4, 0.5) is 13.2 Å². The summed E-state index contributed by atoms with van der Waals surface area (Å²) in [5.74, 6) is 0. The van der Waals surface area contributed by atoms with Crippen molar-refractivity contribution in [2.24, 2.45) is 5.73 Å². The number of aldehydes is 1. The number of rotatable bonds is 4. The zero-order chi connectivity index (χ0) is 19.0. The maximum Gasteiger partial charge on any atom is 0.491 e. The van der Waals surface area contributed by atoms with Crippen molar-refractivity contribution in [3.05, 3.63) is 40.4 Å². The van der Waals surface area contributed by atoms with Gasteiger partial charge in [-0.05, 0) is 50.9 Å². The molecule has 1 heterocycles. The summed E-state index contributed by atoms with van der Waals surface area (Å²) in [6.45, 7) is 7.47. The normalized spacial score (nSPS) is 20.0. The second-order valence-corrected chi connectivity index (χ2v) is 6.97. The molecule has 1 aliphatic rings. The Morgan fingerprint density at radius 3 is 2.16 bits per heavy atom. The number of carbonyl (C=O) groups is 1. The number of benzene rings is 1. The van der Waals surface area contributed by atoms with Crippen molar-refractivity contribution in [3.63, 3.8) is 0 Å². The molecule has 0 atom stereocenters. The molecule has 0 aromatic heterocycles. The van der Waals surface area contributed by atoms with E-state index in [9.17, 15) is 18.0 Å². The minimum absolute atomic E-state index is 0.0192. The first-order chi connectivity index (χ1) is 11.4. The molecule has 0 bridgehead atoms. The monoisotopic (exact) mass is 355 g/mol. The molecular weight excluding hydrogens is 334 g/mol. The Hall–Kier alpha value is -1.64. The maximum absolute atomic E-state index is 12.9. The molecule has 136 valence electrons. The van der Waals surface area contributed by atoms with Crippen molar-refractivity contribution in [2.75, 3.05) is 6.54 Å². The third-order valence-electron chi connectivity index (χ3n) is 4.67. The molecule has 1 aromatic carbocycles. The number of alkyl halides is 3. The molecule has 1 aromatic rings. The van der Waals surface area contributed by atoms with E-state index in [2.05, 4.69) is 0 Å². The highest BCUT2D eigenvalue weighted by atomic mass is 19.4. The fourth-order valence-electron chi connectivity index (χ4n) is 2.40. The van der Waals surface area contributed by atoms with Crippen molar-refractivity contribution >= 4 is 19.5 Å².